The number of methoxy groups -OCH3 is 2. The monoisotopic (exact) mass is 749 g/mol. The summed E-state index contributed by atoms with van der Waals surface area (Å²) in [6, 6.07) is 6.52. The van der Waals surface area contributed by atoms with E-state index in [1.54, 1.807) is 56.3 Å². The molecule has 12 nitrogen and oxygen atoms in total. The lowest BCUT2D eigenvalue weighted by atomic mass is 9.89. The molecule has 1 heterocycles. The molecule has 1 fully saturated rings. The molecule has 0 bridgehead atoms. The number of likely N-dealkylation sites (tertiary alicyclic amines) is 1. The van der Waals surface area contributed by atoms with E-state index in [-0.39, 0.29) is 53.8 Å². The molecule has 1 aromatic rings. The molecule has 13 heteroatoms. The fraction of sp³-hybridized carbons (Fsp3) is 0.744. The van der Waals surface area contributed by atoms with Gasteiger partial charge in [-0.15, -0.1) is 0 Å². The number of benzene rings is 1. The Hall–Kier alpha value is -2.71. The van der Waals surface area contributed by atoms with Crippen molar-refractivity contribution in [3.8, 4) is 0 Å². The summed E-state index contributed by atoms with van der Waals surface area (Å²) in [5.74, 6) is -1.80. The minimum Gasteiger partial charge on any atom is -0.386 e. The van der Waals surface area contributed by atoms with Gasteiger partial charge in [0.05, 0.1) is 48.8 Å². The van der Waals surface area contributed by atoms with Gasteiger partial charge in [-0.05, 0) is 50.1 Å². The third-order valence-corrected chi connectivity index (χ3v) is 11.0. The van der Waals surface area contributed by atoms with Crippen LogP contribution in [-0.4, -0.2) is 120 Å². The third-order valence-electron chi connectivity index (χ3n) is 10.8. The summed E-state index contributed by atoms with van der Waals surface area (Å²) in [6.45, 7) is 15.8. The number of rotatable bonds is 20. The standard InChI is InChI=1S/C39H67N5O7S/c1-13-25(6)34(42(9)39(49)32(23(2)3)41-38(48)33(24(4)5)43(10)52)30(50-11)22-31(45)44-21-17-20-29(44)36(51-12)26(7)37(47)40-27(8)35(46)28-18-15-14-16-19-28/h14-16,18-19,23-27,29-30,32-36,46,52H,13,17,20-22H2,1-12H3,(H,40,47)(H,41,48)/t25-,26+,27+,29-,30+,32-,33-,34?,35+,36+/m0/s1. The Labute approximate surface area is 318 Å². The minimum absolute atomic E-state index is 0.0233. The second-order valence-electron chi connectivity index (χ2n) is 15.2. The number of ether oxygens (including phenoxy) is 2. The topological polar surface area (TPSA) is 141 Å². The van der Waals surface area contributed by atoms with Gasteiger partial charge in [0, 0.05) is 27.8 Å². The lowest BCUT2D eigenvalue weighted by Gasteiger charge is -2.41. The predicted molar refractivity (Wildman–Crippen MR) is 207 cm³/mol. The Bertz CT molecular complexity index is 1280. The van der Waals surface area contributed by atoms with E-state index in [1.165, 1.54) is 0 Å². The Morgan fingerprint density at radius 1 is 0.942 bits per heavy atom. The molecule has 1 aliphatic rings. The van der Waals surface area contributed by atoms with Gasteiger partial charge in [-0.3, -0.25) is 19.2 Å². The van der Waals surface area contributed by atoms with E-state index in [9.17, 15) is 24.3 Å². The van der Waals surface area contributed by atoms with Crippen LogP contribution in [0.5, 0.6) is 0 Å². The summed E-state index contributed by atoms with van der Waals surface area (Å²) < 4.78 is 13.5. The summed E-state index contributed by atoms with van der Waals surface area (Å²) in [5, 5.41) is 16.8. The lowest BCUT2D eigenvalue weighted by Crippen LogP contribution is -2.59. The smallest absolute Gasteiger partial charge is 0.245 e. The highest BCUT2D eigenvalue weighted by atomic mass is 32.1. The first-order valence-corrected chi connectivity index (χ1v) is 19.2. The molecule has 52 heavy (non-hydrogen) atoms. The highest BCUT2D eigenvalue weighted by molar-refractivity contribution is 7.77. The number of aliphatic hydroxyl groups is 1. The largest absolute Gasteiger partial charge is 0.386 e. The summed E-state index contributed by atoms with van der Waals surface area (Å²) in [4.78, 5) is 58.6. The molecule has 1 aliphatic heterocycles. The van der Waals surface area contributed by atoms with Crippen molar-refractivity contribution < 1.29 is 33.8 Å². The number of likely N-dealkylation sites (N-methyl/N-ethyl adjacent to an activating group) is 2. The second-order valence-corrected chi connectivity index (χ2v) is 15.9. The van der Waals surface area contributed by atoms with Gasteiger partial charge in [-0.2, -0.15) is 0 Å². The molecule has 1 aromatic carbocycles. The number of hydrogen-bond donors (Lipinski definition) is 4. The van der Waals surface area contributed by atoms with E-state index in [0.29, 0.717) is 18.5 Å². The van der Waals surface area contributed by atoms with Gasteiger partial charge in [-0.1, -0.05) is 98.0 Å². The molecular weight excluding hydrogens is 683 g/mol. The molecule has 0 radical (unpaired) electrons. The zero-order valence-electron chi connectivity index (χ0n) is 33.5. The van der Waals surface area contributed by atoms with Crippen LogP contribution in [0.25, 0.3) is 0 Å². The van der Waals surface area contributed by atoms with Crippen molar-refractivity contribution in [3.05, 3.63) is 35.9 Å². The van der Waals surface area contributed by atoms with Crippen molar-refractivity contribution in [1.29, 1.82) is 0 Å². The van der Waals surface area contributed by atoms with Gasteiger partial charge in [0.1, 0.15) is 12.1 Å². The third kappa shape index (κ3) is 11.6. The van der Waals surface area contributed by atoms with Crippen molar-refractivity contribution >= 4 is 36.4 Å². The molecule has 296 valence electrons. The van der Waals surface area contributed by atoms with Crippen LogP contribution in [0.15, 0.2) is 30.3 Å². The van der Waals surface area contributed by atoms with Crippen molar-refractivity contribution in [2.24, 2.45) is 23.7 Å². The Morgan fingerprint density at radius 2 is 1.56 bits per heavy atom. The highest BCUT2D eigenvalue weighted by Crippen LogP contribution is 2.30. The van der Waals surface area contributed by atoms with Crippen LogP contribution in [0.1, 0.15) is 92.7 Å². The fourth-order valence-corrected chi connectivity index (χ4v) is 7.93. The van der Waals surface area contributed by atoms with E-state index < -0.39 is 48.4 Å². The van der Waals surface area contributed by atoms with Gasteiger partial charge in [0.2, 0.25) is 23.6 Å². The zero-order chi connectivity index (χ0) is 39.4. The highest BCUT2D eigenvalue weighted by Gasteiger charge is 2.43. The second kappa shape index (κ2) is 21.2. The van der Waals surface area contributed by atoms with E-state index in [4.69, 9.17) is 9.47 Å². The van der Waals surface area contributed by atoms with Crippen molar-refractivity contribution in [1.82, 2.24) is 24.7 Å². The SMILES string of the molecule is CC[C@H](C)C([C@@H](CC(=O)N1CCC[C@H]1[C@H](OC)[C@@H](C)C(=O)N[C@H](C)[C@@H](O)c1ccccc1)OC)N(C)C(=O)[C@@H](NC(=O)[C@H](C(C)C)N(C)S)C(C)C. The molecule has 0 aliphatic carbocycles. The number of nitrogens with one attached hydrogen (secondary N) is 2. The molecular formula is C39H67N5O7S. The van der Waals surface area contributed by atoms with Crippen molar-refractivity contribution in [2.75, 3.05) is 34.9 Å². The van der Waals surface area contributed by atoms with E-state index in [2.05, 4.69) is 23.4 Å². The Balaban J connectivity index is 2.25. The zero-order valence-corrected chi connectivity index (χ0v) is 34.4. The lowest BCUT2D eigenvalue weighted by molar-refractivity contribution is -0.148. The van der Waals surface area contributed by atoms with Gasteiger partial charge >= 0.3 is 0 Å². The maximum Gasteiger partial charge on any atom is 0.245 e. The van der Waals surface area contributed by atoms with Crippen molar-refractivity contribution in [2.45, 2.75) is 130 Å². The van der Waals surface area contributed by atoms with Crippen LogP contribution >= 0.6 is 12.8 Å². The summed E-state index contributed by atoms with van der Waals surface area (Å²) in [5.41, 5.74) is 0.708. The molecule has 4 amide bonds. The van der Waals surface area contributed by atoms with E-state index in [0.717, 1.165) is 12.8 Å². The van der Waals surface area contributed by atoms with Gasteiger partial charge in [0.25, 0.3) is 0 Å². The molecule has 1 unspecified atom stereocenters. The summed E-state index contributed by atoms with van der Waals surface area (Å²) in [6.07, 6.45) is 0.0965. The minimum atomic E-state index is -0.879. The fourth-order valence-electron chi connectivity index (χ4n) is 7.56. The Morgan fingerprint density at radius 3 is 2.06 bits per heavy atom. The van der Waals surface area contributed by atoms with Gasteiger partial charge < -0.3 is 35.0 Å². The maximum absolute atomic E-state index is 14.2. The first kappa shape index (κ1) is 45.4. The number of hydrogen-bond acceptors (Lipinski definition) is 9. The van der Waals surface area contributed by atoms with Gasteiger partial charge in [-0.25, -0.2) is 4.31 Å². The first-order chi connectivity index (χ1) is 24.4. The average molecular weight is 750 g/mol. The first-order valence-electron chi connectivity index (χ1n) is 18.8. The van der Waals surface area contributed by atoms with Gasteiger partial charge in [0.15, 0.2) is 0 Å². The van der Waals surface area contributed by atoms with Crippen LogP contribution in [0.2, 0.25) is 0 Å². The predicted octanol–water partition coefficient (Wildman–Crippen LogP) is 4.09. The van der Waals surface area contributed by atoms with Crippen LogP contribution < -0.4 is 10.6 Å². The summed E-state index contributed by atoms with van der Waals surface area (Å²) >= 11 is 4.39. The molecule has 1 saturated heterocycles. The number of nitrogens with zero attached hydrogens (tertiary/aromatic N) is 3. The molecule has 2 rings (SSSR count). The van der Waals surface area contributed by atoms with Crippen LogP contribution in [0, 0.1) is 23.7 Å². The van der Waals surface area contributed by atoms with Crippen LogP contribution in [0.4, 0.5) is 0 Å². The molecule has 0 aromatic heterocycles. The molecule has 3 N–H and O–H groups in total. The van der Waals surface area contributed by atoms with Crippen molar-refractivity contribution in [3.63, 3.8) is 0 Å². The van der Waals surface area contributed by atoms with Crippen LogP contribution in [0.3, 0.4) is 0 Å². The normalized spacial score (nSPS) is 20.1. The Kier molecular flexibility index (Phi) is 18.6. The summed E-state index contributed by atoms with van der Waals surface area (Å²) in [7, 11) is 6.55. The quantitative estimate of drug-likeness (QED) is 0.146. The number of carbonyl (C=O) groups is 4. The number of thiol groups is 1. The molecule has 10 atom stereocenters. The maximum atomic E-state index is 14.2. The number of amides is 4. The number of aliphatic hydroxyl groups excluding tert-OH is 1. The molecule has 0 spiro atoms. The van der Waals surface area contributed by atoms with Crippen LogP contribution in [-0.2, 0) is 28.7 Å². The van der Waals surface area contributed by atoms with E-state index >= 15 is 0 Å². The average Bonchev–Trinajstić information content (AvgIpc) is 3.59. The van der Waals surface area contributed by atoms with E-state index in [1.807, 2.05) is 71.9 Å². The molecule has 0 saturated carbocycles. The number of carbonyl (C=O) groups excluding carboxylic acids is 4.